The summed E-state index contributed by atoms with van der Waals surface area (Å²) in [4.78, 5) is 39.4. The molecule has 0 atom stereocenters. The van der Waals surface area contributed by atoms with Crippen molar-refractivity contribution in [3.05, 3.63) is 83.4 Å². The molecule has 0 aromatic heterocycles. The molecular weight excluding hydrogens is 494 g/mol. The Morgan fingerprint density at radius 3 is 2.36 bits per heavy atom. The van der Waals surface area contributed by atoms with Gasteiger partial charge in [-0.15, -0.1) is 0 Å². The number of hydrogen-bond acceptors (Lipinski definition) is 7. The molecule has 0 aliphatic carbocycles. The van der Waals surface area contributed by atoms with Crippen LogP contribution in [0, 0.1) is 0 Å². The van der Waals surface area contributed by atoms with Gasteiger partial charge < -0.3 is 31.7 Å². The minimum atomic E-state index is -0.615. The maximum absolute atomic E-state index is 13.3. The molecule has 202 valence electrons. The molecule has 6 N–H and O–H groups in total. The average Bonchev–Trinajstić information content (AvgIpc) is 3.21. The Bertz CT molecular complexity index is 1460. The Morgan fingerprint density at radius 2 is 1.74 bits per heavy atom. The van der Waals surface area contributed by atoms with Gasteiger partial charge in [0.2, 0.25) is 5.91 Å². The summed E-state index contributed by atoms with van der Waals surface area (Å²) in [6, 6.07) is 19.7. The van der Waals surface area contributed by atoms with Crippen molar-refractivity contribution in [2.45, 2.75) is 33.2 Å². The van der Waals surface area contributed by atoms with Crippen LogP contribution in [0.25, 0.3) is 11.3 Å². The first-order valence-electron chi connectivity index (χ1n) is 12.6. The molecule has 4 rings (SSSR count). The highest BCUT2D eigenvalue weighted by molar-refractivity contribution is 6.37. The van der Waals surface area contributed by atoms with E-state index in [4.69, 9.17) is 16.2 Å². The lowest BCUT2D eigenvalue weighted by atomic mass is 9.99. The second-order valence-corrected chi connectivity index (χ2v) is 10.0. The van der Waals surface area contributed by atoms with Crippen LogP contribution in [0.1, 0.15) is 49.2 Å². The molecule has 0 radical (unpaired) electrons. The molecule has 1 aliphatic rings. The minimum absolute atomic E-state index is 0.172. The van der Waals surface area contributed by atoms with Crippen molar-refractivity contribution < 1.29 is 19.1 Å². The lowest BCUT2D eigenvalue weighted by Gasteiger charge is -2.30. The number of carbonyl (C=O) groups is 3. The highest BCUT2D eigenvalue weighted by Gasteiger charge is 2.30. The van der Waals surface area contributed by atoms with Crippen LogP contribution in [0.4, 0.5) is 22.7 Å². The quantitative estimate of drug-likeness (QED) is 0.193. The van der Waals surface area contributed by atoms with Crippen molar-refractivity contribution in [1.29, 1.82) is 0 Å². The number of nitrogen functional groups attached to an aromatic ring is 1. The van der Waals surface area contributed by atoms with Gasteiger partial charge in [0.15, 0.2) is 0 Å². The SMILES string of the molecule is CCOC(=O)c1ccc2c(c1)NC(=O)C2=C(Nc1ccc(N(CC(C)(C)N)C(C)=O)c(N)c1)c1ccccc1. The van der Waals surface area contributed by atoms with Gasteiger partial charge >= 0.3 is 5.97 Å². The number of rotatable bonds is 8. The van der Waals surface area contributed by atoms with E-state index in [2.05, 4.69) is 10.6 Å². The number of nitrogens with zero attached hydrogens (tertiary/aromatic N) is 1. The van der Waals surface area contributed by atoms with E-state index in [1.807, 2.05) is 44.2 Å². The summed E-state index contributed by atoms with van der Waals surface area (Å²) in [5.74, 6) is -0.939. The Balaban J connectivity index is 1.77. The molecule has 0 spiro atoms. The molecule has 3 aromatic carbocycles. The summed E-state index contributed by atoms with van der Waals surface area (Å²) < 4.78 is 5.10. The topological polar surface area (TPSA) is 140 Å². The van der Waals surface area contributed by atoms with Crippen molar-refractivity contribution >= 4 is 51.8 Å². The normalized spacial score (nSPS) is 13.8. The van der Waals surface area contributed by atoms with Crippen molar-refractivity contribution in [2.24, 2.45) is 5.73 Å². The highest BCUT2D eigenvalue weighted by atomic mass is 16.5. The largest absolute Gasteiger partial charge is 0.462 e. The van der Waals surface area contributed by atoms with Gasteiger partial charge in [0.05, 0.1) is 40.5 Å². The number of benzene rings is 3. The molecule has 0 bridgehead atoms. The van der Waals surface area contributed by atoms with Crippen LogP contribution in [-0.4, -0.2) is 36.5 Å². The Hall–Kier alpha value is -4.63. The standard InChI is InChI=1S/C30H33N5O4/c1-5-39-29(38)20-11-13-22-24(15-20)34-28(37)26(22)27(19-9-7-6-8-10-19)33-21-12-14-25(23(31)16-21)35(18(2)36)17-30(3,4)32/h6-16,33H,5,17,31-32H2,1-4H3,(H,34,37). The fraction of sp³-hybridized carbons (Fsp3) is 0.233. The zero-order valence-electron chi connectivity index (χ0n) is 22.5. The maximum Gasteiger partial charge on any atom is 0.338 e. The van der Waals surface area contributed by atoms with Crippen LogP contribution in [-0.2, 0) is 14.3 Å². The number of anilines is 4. The molecule has 0 unspecified atom stereocenters. The van der Waals surface area contributed by atoms with E-state index < -0.39 is 11.5 Å². The monoisotopic (exact) mass is 527 g/mol. The first kappa shape index (κ1) is 27.4. The Kier molecular flexibility index (Phi) is 7.73. The molecule has 0 fully saturated rings. The maximum atomic E-state index is 13.3. The van der Waals surface area contributed by atoms with Crippen molar-refractivity contribution in [3.63, 3.8) is 0 Å². The molecule has 3 aromatic rings. The Labute approximate surface area is 227 Å². The van der Waals surface area contributed by atoms with E-state index in [1.54, 1.807) is 48.2 Å². The predicted molar refractivity (Wildman–Crippen MR) is 155 cm³/mol. The summed E-state index contributed by atoms with van der Waals surface area (Å²) >= 11 is 0. The van der Waals surface area contributed by atoms with Gasteiger partial charge in [0.25, 0.3) is 5.91 Å². The van der Waals surface area contributed by atoms with E-state index in [0.717, 1.165) is 5.56 Å². The van der Waals surface area contributed by atoms with Gasteiger partial charge in [-0.1, -0.05) is 36.4 Å². The van der Waals surface area contributed by atoms with Gasteiger partial charge in [-0.2, -0.15) is 0 Å². The van der Waals surface area contributed by atoms with E-state index in [9.17, 15) is 14.4 Å². The molecule has 1 heterocycles. The van der Waals surface area contributed by atoms with Crippen molar-refractivity contribution in [2.75, 3.05) is 34.4 Å². The van der Waals surface area contributed by atoms with Gasteiger partial charge in [0.1, 0.15) is 0 Å². The third kappa shape index (κ3) is 6.10. The number of nitrogens with one attached hydrogen (secondary N) is 2. The molecule has 0 saturated carbocycles. The smallest absolute Gasteiger partial charge is 0.338 e. The average molecular weight is 528 g/mol. The Morgan fingerprint density at radius 1 is 1.03 bits per heavy atom. The fourth-order valence-electron chi connectivity index (χ4n) is 4.44. The first-order chi connectivity index (χ1) is 18.5. The van der Waals surface area contributed by atoms with E-state index in [-0.39, 0.29) is 18.4 Å². The summed E-state index contributed by atoms with van der Waals surface area (Å²) in [5, 5.41) is 6.23. The van der Waals surface area contributed by atoms with Crippen molar-refractivity contribution in [3.8, 4) is 0 Å². The van der Waals surface area contributed by atoms with Crippen LogP contribution in [0.15, 0.2) is 66.7 Å². The van der Waals surface area contributed by atoms with Gasteiger partial charge in [0, 0.05) is 30.3 Å². The van der Waals surface area contributed by atoms with Crippen LogP contribution >= 0.6 is 0 Å². The molecule has 39 heavy (non-hydrogen) atoms. The summed E-state index contributed by atoms with van der Waals surface area (Å²) in [5.41, 5.74) is 16.8. The zero-order chi connectivity index (χ0) is 28.3. The van der Waals surface area contributed by atoms with Gasteiger partial charge in [-0.25, -0.2) is 4.79 Å². The molecule has 9 heteroatoms. The van der Waals surface area contributed by atoms with Gasteiger partial charge in [-0.05, 0) is 56.7 Å². The second-order valence-electron chi connectivity index (χ2n) is 10.0. The van der Waals surface area contributed by atoms with Crippen molar-refractivity contribution in [1.82, 2.24) is 0 Å². The first-order valence-corrected chi connectivity index (χ1v) is 12.6. The lowest BCUT2D eigenvalue weighted by Crippen LogP contribution is -2.47. The number of amides is 2. The highest BCUT2D eigenvalue weighted by Crippen LogP contribution is 2.39. The predicted octanol–water partition coefficient (Wildman–Crippen LogP) is 4.47. The minimum Gasteiger partial charge on any atom is -0.462 e. The summed E-state index contributed by atoms with van der Waals surface area (Å²) in [6.45, 7) is 7.44. The molecule has 9 nitrogen and oxygen atoms in total. The molecule has 2 amide bonds. The third-order valence-electron chi connectivity index (χ3n) is 6.12. The number of carbonyl (C=O) groups excluding carboxylic acids is 3. The molecule has 1 aliphatic heterocycles. The van der Waals surface area contributed by atoms with E-state index >= 15 is 0 Å². The van der Waals surface area contributed by atoms with Gasteiger partial charge in [-0.3, -0.25) is 9.59 Å². The number of esters is 1. The molecular formula is C30H33N5O4. The van der Waals surface area contributed by atoms with Crippen LogP contribution in [0.2, 0.25) is 0 Å². The second kappa shape index (κ2) is 11.0. The van der Waals surface area contributed by atoms with E-state index in [1.165, 1.54) is 6.92 Å². The van der Waals surface area contributed by atoms with E-state index in [0.29, 0.717) is 51.7 Å². The van der Waals surface area contributed by atoms with Crippen LogP contribution in [0.5, 0.6) is 0 Å². The third-order valence-corrected chi connectivity index (χ3v) is 6.12. The lowest BCUT2D eigenvalue weighted by molar-refractivity contribution is -0.116. The zero-order valence-corrected chi connectivity index (χ0v) is 22.5. The molecule has 0 saturated heterocycles. The fourth-order valence-corrected chi connectivity index (χ4v) is 4.44. The van der Waals surface area contributed by atoms with Crippen LogP contribution in [0.3, 0.4) is 0 Å². The number of fused-ring (bicyclic) bond motifs is 1. The number of ether oxygens (including phenoxy) is 1. The number of nitrogens with two attached hydrogens (primary N) is 2. The van der Waals surface area contributed by atoms with Crippen LogP contribution < -0.4 is 27.0 Å². The summed E-state index contributed by atoms with van der Waals surface area (Å²) in [7, 11) is 0. The number of hydrogen-bond donors (Lipinski definition) is 4. The summed E-state index contributed by atoms with van der Waals surface area (Å²) in [6.07, 6.45) is 0.